The van der Waals surface area contributed by atoms with Crippen LogP contribution in [-0.2, 0) is 6.42 Å². The molecular weight excluding hydrogens is 797 g/mol. The maximum atomic E-state index is 2.60. The largest absolute Gasteiger partial charge is 0.330 e. The number of benzene rings is 8. The molecule has 10 rings (SSSR count). The molecule has 0 saturated carbocycles. The molecule has 0 N–H and O–H groups in total. The van der Waals surface area contributed by atoms with Gasteiger partial charge >= 0.3 is 0 Å². The minimum absolute atomic E-state index is 0.0370. The fourth-order valence-electron chi connectivity index (χ4n) is 10.8. The average Bonchev–Trinajstić information content (AvgIpc) is 3.31. The number of nitrogens with zero attached hydrogens (tertiary/aromatic N) is 2. The third-order valence-corrected chi connectivity index (χ3v) is 14.3. The van der Waals surface area contributed by atoms with Crippen LogP contribution in [0.2, 0.25) is 0 Å². The first kappa shape index (κ1) is 43.0. The molecule has 0 bridgehead atoms. The van der Waals surface area contributed by atoms with Crippen molar-refractivity contribution in [1.82, 2.24) is 0 Å². The van der Waals surface area contributed by atoms with Crippen molar-refractivity contribution < 1.29 is 0 Å². The molecular formula is C64H62N2. The lowest BCUT2D eigenvalue weighted by Crippen LogP contribution is -2.27. The molecule has 1 atom stereocenters. The molecule has 0 amide bonds. The van der Waals surface area contributed by atoms with Crippen LogP contribution in [0.25, 0.3) is 38.6 Å². The maximum Gasteiger partial charge on any atom is 0.0785 e. The number of allylic oxidation sites excluding steroid dienone is 3. The van der Waals surface area contributed by atoms with E-state index in [1.54, 1.807) is 0 Å². The molecule has 0 spiro atoms. The number of hydrogen-bond donors (Lipinski definition) is 0. The Morgan fingerprint density at radius 1 is 0.470 bits per heavy atom. The zero-order valence-corrected chi connectivity index (χ0v) is 40.4. The zero-order chi connectivity index (χ0) is 46.0. The van der Waals surface area contributed by atoms with E-state index in [9.17, 15) is 0 Å². The fraction of sp³-hybridized carbons (Fsp3) is 0.219. The van der Waals surface area contributed by atoms with E-state index < -0.39 is 0 Å². The van der Waals surface area contributed by atoms with Crippen molar-refractivity contribution in [3.05, 3.63) is 225 Å². The molecule has 0 heterocycles. The van der Waals surface area contributed by atoms with Crippen molar-refractivity contribution in [3.63, 3.8) is 0 Å². The summed E-state index contributed by atoms with van der Waals surface area (Å²) in [7, 11) is 0. The Morgan fingerprint density at radius 2 is 0.955 bits per heavy atom. The lowest BCUT2D eigenvalue weighted by molar-refractivity contribution is 0.740. The quantitative estimate of drug-likeness (QED) is 0.135. The van der Waals surface area contributed by atoms with E-state index in [0.29, 0.717) is 11.8 Å². The Hall–Kier alpha value is -6.90. The topological polar surface area (TPSA) is 6.48 Å². The highest BCUT2D eigenvalue weighted by Crippen LogP contribution is 2.54. The lowest BCUT2D eigenvalue weighted by atomic mass is 9.72. The number of aryl methyl sites for hydroxylation is 6. The van der Waals surface area contributed by atoms with Crippen LogP contribution in [0.4, 0.5) is 28.4 Å². The van der Waals surface area contributed by atoms with Crippen LogP contribution >= 0.6 is 0 Å². The van der Waals surface area contributed by atoms with Crippen LogP contribution in [0, 0.1) is 47.5 Å². The smallest absolute Gasteiger partial charge is 0.0785 e. The Balaban J connectivity index is 1.21. The van der Waals surface area contributed by atoms with E-state index >= 15 is 0 Å². The Kier molecular flexibility index (Phi) is 11.2. The zero-order valence-electron chi connectivity index (χ0n) is 40.4. The first-order valence-corrected chi connectivity index (χ1v) is 24.0. The molecule has 2 aliphatic rings. The molecule has 8 aromatic carbocycles. The molecule has 2 heteroatoms. The molecule has 0 aromatic heterocycles. The highest BCUT2D eigenvalue weighted by Gasteiger charge is 2.36. The highest BCUT2D eigenvalue weighted by molar-refractivity contribution is 6.08. The summed E-state index contributed by atoms with van der Waals surface area (Å²) in [5.74, 6) is 0.691. The van der Waals surface area contributed by atoms with Gasteiger partial charge in [0.05, 0.1) is 11.7 Å². The highest BCUT2D eigenvalue weighted by atomic mass is 15.2. The second kappa shape index (κ2) is 17.1. The van der Waals surface area contributed by atoms with E-state index in [4.69, 9.17) is 0 Å². The molecule has 1 unspecified atom stereocenters. The van der Waals surface area contributed by atoms with Crippen molar-refractivity contribution in [2.24, 2.45) is 5.92 Å². The summed E-state index contributed by atoms with van der Waals surface area (Å²) >= 11 is 0. The van der Waals surface area contributed by atoms with E-state index in [1.807, 2.05) is 0 Å². The fourth-order valence-corrected chi connectivity index (χ4v) is 10.8. The van der Waals surface area contributed by atoms with Gasteiger partial charge in [0.2, 0.25) is 0 Å². The van der Waals surface area contributed by atoms with Gasteiger partial charge in [-0.25, -0.2) is 0 Å². The van der Waals surface area contributed by atoms with Crippen LogP contribution in [-0.4, -0.2) is 0 Å². The minimum atomic E-state index is -0.0370. The summed E-state index contributed by atoms with van der Waals surface area (Å²) in [4.78, 5) is 5.15. The monoisotopic (exact) mass is 858 g/mol. The molecule has 0 radical (unpaired) electrons. The van der Waals surface area contributed by atoms with Gasteiger partial charge in [-0.1, -0.05) is 177 Å². The first-order chi connectivity index (χ1) is 31.8. The van der Waals surface area contributed by atoms with Gasteiger partial charge in [0.1, 0.15) is 0 Å². The summed E-state index contributed by atoms with van der Waals surface area (Å²) in [6.45, 7) is 22.7. The molecule has 0 aliphatic heterocycles. The predicted octanol–water partition coefficient (Wildman–Crippen LogP) is 18.0. The van der Waals surface area contributed by atoms with Crippen LogP contribution in [0.15, 0.2) is 169 Å². The van der Waals surface area contributed by atoms with E-state index in [-0.39, 0.29) is 6.04 Å². The predicted molar refractivity (Wildman–Crippen MR) is 284 cm³/mol. The average molecular weight is 859 g/mol. The Bertz CT molecular complexity index is 3200. The normalized spacial score (nSPS) is 14.2. The van der Waals surface area contributed by atoms with Crippen molar-refractivity contribution in [3.8, 4) is 22.3 Å². The summed E-state index contributed by atoms with van der Waals surface area (Å²) in [5, 5.41) is 2.77. The van der Waals surface area contributed by atoms with Gasteiger partial charge in [0.15, 0.2) is 0 Å². The maximum absolute atomic E-state index is 2.60. The van der Waals surface area contributed by atoms with Gasteiger partial charge in [-0.15, -0.1) is 0 Å². The summed E-state index contributed by atoms with van der Waals surface area (Å²) in [6, 6.07) is 57.5. The van der Waals surface area contributed by atoms with Gasteiger partial charge in [-0.05, 0) is 174 Å². The summed E-state index contributed by atoms with van der Waals surface area (Å²) in [5.41, 5.74) is 27.1. The number of hydrogen-bond acceptors (Lipinski definition) is 2. The van der Waals surface area contributed by atoms with Crippen molar-refractivity contribution in [2.45, 2.75) is 87.6 Å². The van der Waals surface area contributed by atoms with E-state index in [1.165, 1.54) is 123 Å². The standard InChI is InChI=1S/C64H62N2/c1-39(2)55-37-57-61(65(59-31-15-43(7)35-45(59)9)51-25-21-49(22-26-51)47-17-11-41(5)12-18-47)34-30-54-56(40(3)4)38-58-62(33-29-53(55)63(58)64(54)57)66(60-32-16-44(8)36-46(60)10)52-27-23-50(24-28-52)48-19-13-42(6)14-20-48/h11-37,39-40,61H,38H2,1-10H3. The SMILES string of the molecule is Cc1ccc(-c2ccc(N(c3ccc(C)cc3C)c3ccc4c(C(C)C)cc5c6c4c3CC(C(C)C)=C6C=CC5N(c3ccc(-c4ccc(C)cc4)cc3)c3ccc(C)cc3C)cc2)cc1. The van der Waals surface area contributed by atoms with Crippen LogP contribution in [0.3, 0.4) is 0 Å². The van der Waals surface area contributed by atoms with Crippen molar-refractivity contribution in [1.29, 1.82) is 0 Å². The van der Waals surface area contributed by atoms with Crippen molar-refractivity contribution >= 4 is 44.8 Å². The number of rotatable bonds is 10. The second-order valence-corrected chi connectivity index (χ2v) is 19.8. The van der Waals surface area contributed by atoms with Gasteiger partial charge < -0.3 is 9.80 Å². The summed E-state index contributed by atoms with van der Waals surface area (Å²) < 4.78 is 0. The molecule has 66 heavy (non-hydrogen) atoms. The van der Waals surface area contributed by atoms with Crippen LogP contribution in [0.1, 0.15) is 95.3 Å². The second-order valence-electron chi connectivity index (χ2n) is 19.8. The van der Waals surface area contributed by atoms with Gasteiger partial charge in [-0.3, -0.25) is 0 Å². The molecule has 8 aromatic rings. The van der Waals surface area contributed by atoms with Crippen molar-refractivity contribution in [2.75, 3.05) is 9.80 Å². The van der Waals surface area contributed by atoms with E-state index in [0.717, 1.165) is 12.1 Å². The van der Waals surface area contributed by atoms with Gasteiger partial charge in [-0.2, -0.15) is 0 Å². The lowest BCUT2D eigenvalue weighted by Gasteiger charge is -2.40. The van der Waals surface area contributed by atoms with Crippen LogP contribution in [0.5, 0.6) is 0 Å². The Morgan fingerprint density at radius 3 is 1.47 bits per heavy atom. The first-order valence-electron chi connectivity index (χ1n) is 24.0. The molecule has 0 saturated heterocycles. The van der Waals surface area contributed by atoms with Gasteiger partial charge in [0.25, 0.3) is 0 Å². The third kappa shape index (κ3) is 7.67. The molecule has 328 valence electrons. The minimum Gasteiger partial charge on any atom is -0.330 e. The Labute approximate surface area is 393 Å². The molecule has 0 fully saturated rings. The molecule has 2 aliphatic carbocycles. The van der Waals surface area contributed by atoms with Gasteiger partial charge in [0, 0.05) is 22.7 Å². The summed E-state index contributed by atoms with van der Waals surface area (Å²) in [6.07, 6.45) is 5.87. The van der Waals surface area contributed by atoms with Crippen LogP contribution < -0.4 is 9.80 Å². The van der Waals surface area contributed by atoms with E-state index in [2.05, 4.69) is 243 Å². The third-order valence-electron chi connectivity index (χ3n) is 14.3. The molecule has 2 nitrogen and oxygen atoms in total. The number of anilines is 5.